The van der Waals surface area contributed by atoms with Crippen LogP contribution >= 0.6 is 0 Å². The zero-order chi connectivity index (χ0) is 13.9. The van der Waals surface area contributed by atoms with E-state index in [9.17, 15) is 13.2 Å². The summed E-state index contributed by atoms with van der Waals surface area (Å²) in [5.74, 6) is 0.0360. The van der Waals surface area contributed by atoms with Crippen LogP contribution < -0.4 is 5.32 Å². The highest BCUT2D eigenvalue weighted by atomic mass is 32.2. The van der Waals surface area contributed by atoms with Crippen molar-refractivity contribution in [2.45, 2.75) is 31.7 Å². The topological polar surface area (TPSA) is 75.7 Å². The maximum absolute atomic E-state index is 11.9. The second-order valence-corrected chi connectivity index (χ2v) is 7.22. The Morgan fingerprint density at radius 1 is 1.26 bits per heavy atom. The number of rotatable bonds is 6. The molecule has 0 unspecified atom stereocenters. The van der Waals surface area contributed by atoms with Gasteiger partial charge in [0.25, 0.3) is 0 Å². The van der Waals surface area contributed by atoms with Crippen molar-refractivity contribution in [1.29, 1.82) is 0 Å². The van der Waals surface area contributed by atoms with Crippen LogP contribution in [0.2, 0.25) is 0 Å². The van der Waals surface area contributed by atoms with Crippen LogP contribution in [0.3, 0.4) is 0 Å². The van der Waals surface area contributed by atoms with E-state index in [-0.39, 0.29) is 17.9 Å². The fraction of sp³-hybridized carbons (Fsp3) is 0.917. The molecule has 2 rings (SSSR count). The monoisotopic (exact) mass is 290 g/mol. The Morgan fingerprint density at radius 2 is 1.89 bits per heavy atom. The van der Waals surface area contributed by atoms with E-state index in [1.54, 1.807) is 0 Å². The second-order valence-electron chi connectivity index (χ2n) is 5.28. The Bertz CT molecular complexity index is 413. The van der Waals surface area contributed by atoms with Crippen molar-refractivity contribution >= 4 is 15.9 Å². The van der Waals surface area contributed by atoms with E-state index in [1.807, 2.05) is 0 Å². The summed E-state index contributed by atoms with van der Waals surface area (Å²) >= 11 is 0. The summed E-state index contributed by atoms with van der Waals surface area (Å²) in [5.41, 5.74) is 0. The first-order chi connectivity index (χ1) is 8.98. The summed E-state index contributed by atoms with van der Waals surface area (Å²) in [6.07, 6.45) is 4.60. The van der Waals surface area contributed by atoms with Crippen LogP contribution in [0.25, 0.3) is 0 Å². The first-order valence-corrected chi connectivity index (χ1v) is 8.65. The molecule has 19 heavy (non-hydrogen) atoms. The molecular weight excluding hydrogens is 268 g/mol. The van der Waals surface area contributed by atoms with Gasteiger partial charge in [0.2, 0.25) is 15.9 Å². The average Bonchev–Trinajstić information content (AvgIpc) is 3.18. The summed E-state index contributed by atoms with van der Waals surface area (Å²) in [4.78, 5) is 11.9. The lowest BCUT2D eigenvalue weighted by molar-refractivity contribution is -0.127. The van der Waals surface area contributed by atoms with E-state index < -0.39 is 10.0 Å². The lowest BCUT2D eigenvalue weighted by Gasteiger charge is -2.23. The van der Waals surface area contributed by atoms with E-state index in [2.05, 4.69) is 5.32 Å². The molecule has 1 saturated carbocycles. The van der Waals surface area contributed by atoms with Gasteiger partial charge in [-0.2, -0.15) is 4.31 Å². The van der Waals surface area contributed by atoms with Crippen molar-refractivity contribution < 1.29 is 17.9 Å². The van der Waals surface area contributed by atoms with Crippen LogP contribution in [0.1, 0.15) is 25.7 Å². The first-order valence-electron chi connectivity index (χ1n) is 6.81. The minimum atomic E-state index is -3.16. The van der Waals surface area contributed by atoms with Crippen LogP contribution in [0, 0.1) is 5.92 Å². The molecule has 0 bridgehead atoms. The fourth-order valence-corrected chi connectivity index (χ4v) is 3.55. The molecule has 0 radical (unpaired) electrons. The summed E-state index contributed by atoms with van der Waals surface area (Å²) in [5, 5.41) is 2.84. The normalized spacial score (nSPS) is 21.6. The number of hydrogen-bond acceptors (Lipinski definition) is 4. The predicted octanol–water partition coefficient (Wildman–Crippen LogP) is -0.0468. The lowest BCUT2D eigenvalue weighted by atomic mass is 9.99. The van der Waals surface area contributed by atoms with Crippen LogP contribution in [0.15, 0.2) is 0 Å². The molecule has 1 amide bonds. The number of nitrogens with one attached hydrogen (secondary N) is 1. The van der Waals surface area contributed by atoms with Gasteiger partial charge in [-0.05, 0) is 25.7 Å². The zero-order valence-electron chi connectivity index (χ0n) is 11.3. The minimum absolute atomic E-state index is 0.0151. The van der Waals surface area contributed by atoms with Crippen molar-refractivity contribution in [2.75, 3.05) is 32.6 Å². The summed E-state index contributed by atoms with van der Waals surface area (Å²) in [6, 6.07) is 0.148. The summed E-state index contributed by atoms with van der Waals surface area (Å²) in [7, 11) is -3.16. The second kappa shape index (κ2) is 6.19. The number of sulfonamides is 1. The number of nitrogens with zero attached hydrogens (tertiary/aromatic N) is 1. The molecule has 1 heterocycles. The molecule has 110 valence electrons. The van der Waals surface area contributed by atoms with Gasteiger partial charge >= 0.3 is 0 Å². The number of ether oxygens (including phenoxy) is 1. The lowest BCUT2D eigenvalue weighted by Crippen LogP contribution is -2.41. The van der Waals surface area contributed by atoms with Gasteiger partial charge in [0.1, 0.15) is 0 Å². The standard InChI is InChI=1S/C12H22N2O4S/c1-19(16,17)14(11-2-3-11)7-6-13-12(15)10-4-8-18-9-5-10/h10-11H,2-9H2,1H3,(H,13,15). The SMILES string of the molecule is CS(=O)(=O)N(CCNC(=O)C1CCOCC1)C1CC1. The van der Waals surface area contributed by atoms with Crippen molar-refractivity contribution in [3.05, 3.63) is 0 Å². The molecule has 0 spiro atoms. The van der Waals surface area contributed by atoms with Crippen LogP contribution in [-0.4, -0.2) is 57.2 Å². The van der Waals surface area contributed by atoms with E-state index in [0.717, 1.165) is 25.7 Å². The highest BCUT2D eigenvalue weighted by Gasteiger charge is 2.34. The van der Waals surface area contributed by atoms with Gasteiger partial charge in [0.05, 0.1) is 6.26 Å². The Labute approximate surface area is 114 Å². The maximum atomic E-state index is 11.9. The molecule has 2 aliphatic rings. The third-order valence-electron chi connectivity index (χ3n) is 3.60. The number of amides is 1. The van der Waals surface area contributed by atoms with E-state index in [1.165, 1.54) is 10.6 Å². The van der Waals surface area contributed by atoms with E-state index >= 15 is 0 Å². The van der Waals surface area contributed by atoms with Gasteiger partial charge in [0, 0.05) is 38.3 Å². The molecule has 0 atom stereocenters. The molecule has 0 aromatic carbocycles. The highest BCUT2D eigenvalue weighted by molar-refractivity contribution is 7.88. The molecule has 2 fully saturated rings. The quantitative estimate of drug-likeness (QED) is 0.744. The van der Waals surface area contributed by atoms with E-state index in [0.29, 0.717) is 26.3 Å². The van der Waals surface area contributed by atoms with Crippen molar-refractivity contribution in [3.8, 4) is 0 Å². The smallest absolute Gasteiger partial charge is 0.223 e. The Hall–Kier alpha value is -0.660. The van der Waals surface area contributed by atoms with Crippen LogP contribution in [0.5, 0.6) is 0 Å². The minimum Gasteiger partial charge on any atom is -0.381 e. The van der Waals surface area contributed by atoms with Crippen LogP contribution in [0.4, 0.5) is 0 Å². The third-order valence-corrected chi connectivity index (χ3v) is 4.94. The van der Waals surface area contributed by atoms with Gasteiger partial charge in [-0.25, -0.2) is 8.42 Å². The van der Waals surface area contributed by atoms with Gasteiger partial charge in [-0.3, -0.25) is 4.79 Å². The molecule has 1 N–H and O–H groups in total. The summed E-state index contributed by atoms with van der Waals surface area (Å²) < 4.78 is 29.9. The average molecular weight is 290 g/mol. The van der Waals surface area contributed by atoms with Gasteiger partial charge in [0.15, 0.2) is 0 Å². The molecular formula is C12H22N2O4S. The first kappa shape index (κ1) is 14.7. The Morgan fingerprint density at radius 3 is 2.42 bits per heavy atom. The van der Waals surface area contributed by atoms with Crippen molar-refractivity contribution in [2.24, 2.45) is 5.92 Å². The largest absolute Gasteiger partial charge is 0.381 e. The molecule has 7 heteroatoms. The van der Waals surface area contributed by atoms with Gasteiger partial charge in [-0.15, -0.1) is 0 Å². The fourth-order valence-electron chi connectivity index (χ4n) is 2.38. The Kier molecular flexibility index (Phi) is 4.81. The number of carbonyl (C=O) groups excluding carboxylic acids is 1. The maximum Gasteiger partial charge on any atom is 0.223 e. The summed E-state index contributed by atoms with van der Waals surface area (Å²) in [6.45, 7) is 2.03. The van der Waals surface area contributed by atoms with Crippen molar-refractivity contribution in [3.63, 3.8) is 0 Å². The number of carbonyl (C=O) groups is 1. The predicted molar refractivity (Wildman–Crippen MR) is 71.1 cm³/mol. The van der Waals surface area contributed by atoms with E-state index in [4.69, 9.17) is 4.74 Å². The molecule has 1 saturated heterocycles. The van der Waals surface area contributed by atoms with Gasteiger partial charge in [-0.1, -0.05) is 0 Å². The molecule has 0 aromatic heterocycles. The Balaban J connectivity index is 1.74. The molecule has 0 aromatic rings. The number of hydrogen-bond donors (Lipinski definition) is 1. The molecule has 1 aliphatic heterocycles. The van der Waals surface area contributed by atoms with Crippen molar-refractivity contribution in [1.82, 2.24) is 9.62 Å². The zero-order valence-corrected chi connectivity index (χ0v) is 12.1. The highest BCUT2D eigenvalue weighted by Crippen LogP contribution is 2.28. The third kappa shape index (κ3) is 4.43. The molecule has 1 aliphatic carbocycles. The van der Waals surface area contributed by atoms with Gasteiger partial charge < -0.3 is 10.1 Å². The molecule has 6 nitrogen and oxygen atoms in total. The van der Waals surface area contributed by atoms with Crippen LogP contribution in [-0.2, 0) is 19.6 Å².